The molecule has 25 heavy (non-hydrogen) atoms. The first-order valence-corrected chi connectivity index (χ1v) is 9.32. The topological polar surface area (TPSA) is 56.7 Å². The largest absolute Gasteiger partial charge is 0.356 e. The summed E-state index contributed by atoms with van der Waals surface area (Å²) in [7, 11) is 3.48. The Labute approximate surface area is 153 Å². The molecule has 0 saturated carbocycles. The molecule has 0 aliphatic carbocycles. The van der Waals surface area contributed by atoms with E-state index in [-0.39, 0.29) is 12.5 Å². The smallest absolute Gasteiger partial charge is 0.243 e. The number of carbonyl (C=O) groups is 1. The van der Waals surface area contributed by atoms with Crippen LogP contribution >= 0.6 is 11.3 Å². The number of nitrogens with one attached hydrogen (secondary N) is 2. The van der Waals surface area contributed by atoms with E-state index in [1.54, 1.807) is 30.3 Å². The lowest BCUT2D eigenvalue weighted by Gasteiger charge is -2.13. The Morgan fingerprint density at radius 2 is 1.76 bits per heavy atom. The van der Waals surface area contributed by atoms with E-state index < -0.39 is 0 Å². The number of amides is 1. The normalized spacial score (nSPS) is 11.2. The number of hydrogen-bond acceptors (Lipinski definition) is 3. The second-order valence-electron chi connectivity index (χ2n) is 5.87. The molecule has 1 heterocycles. The number of thiophene rings is 1. The standard InChI is InChI=1S/C19H26N4OS/c1-23(2)18(24)15-22-19(21-13-11-17-9-6-14-25-17)20-12-10-16-7-4-3-5-8-16/h3-9,14H,10-13,15H2,1-2H3,(H2,20,21,22). The maximum atomic E-state index is 11.8. The predicted octanol–water partition coefficient (Wildman–Crippen LogP) is 2.16. The van der Waals surface area contributed by atoms with Crippen LogP contribution < -0.4 is 10.6 Å². The van der Waals surface area contributed by atoms with Gasteiger partial charge in [-0.25, -0.2) is 4.99 Å². The first-order chi connectivity index (χ1) is 12.1. The number of hydrogen-bond donors (Lipinski definition) is 2. The third-order valence-corrected chi connectivity index (χ3v) is 4.60. The lowest BCUT2D eigenvalue weighted by Crippen LogP contribution is -2.40. The fourth-order valence-electron chi connectivity index (χ4n) is 2.19. The number of nitrogens with zero attached hydrogens (tertiary/aromatic N) is 2. The highest BCUT2D eigenvalue weighted by Gasteiger charge is 2.05. The molecule has 0 spiro atoms. The monoisotopic (exact) mass is 358 g/mol. The van der Waals surface area contributed by atoms with Gasteiger partial charge < -0.3 is 15.5 Å². The Morgan fingerprint density at radius 3 is 2.40 bits per heavy atom. The van der Waals surface area contributed by atoms with E-state index >= 15 is 0 Å². The number of carbonyl (C=O) groups excluding carboxylic acids is 1. The SMILES string of the molecule is CN(C)C(=O)CN=C(NCCc1ccccc1)NCCc1cccs1. The number of rotatable bonds is 8. The van der Waals surface area contributed by atoms with Gasteiger partial charge in [0.05, 0.1) is 0 Å². The first kappa shape index (κ1) is 19.0. The van der Waals surface area contributed by atoms with E-state index in [2.05, 4.69) is 45.3 Å². The molecule has 2 N–H and O–H groups in total. The van der Waals surface area contributed by atoms with Crippen molar-refractivity contribution in [3.8, 4) is 0 Å². The highest BCUT2D eigenvalue weighted by atomic mass is 32.1. The fraction of sp³-hybridized carbons (Fsp3) is 0.368. The van der Waals surface area contributed by atoms with Gasteiger partial charge in [0.25, 0.3) is 0 Å². The average Bonchev–Trinajstić information content (AvgIpc) is 3.13. The summed E-state index contributed by atoms with van der Waals surface area (Å²) in [5.41, 5.74) is 1.28. The summed E-state index contributed by atoms with van der Waals surface area (Å²) < 4.78 is 0. The third kappa shape index (κ3) is 7.39. The summed E-state index contributed by atoms with van der Waals surface area (Å²) in [6.45, 7) is 1.70. The van der Waals surface area contributed by atoms with Crippen LogP contribution in [0.2, 0.25) is 0 Å². The molecule has 0 aliphatic heterocycles. The van der Waals surface area contributed by atoms with Crippen LogP contribution in [-0.2, 0) is 17.6 Å². The summed E-state index contributed by atoms with van der Waals surface area (Å²) in [5, 5.41) is 8.71. The lowest BCUT2D eigenvalue weighted by molar-refractivity contribution is -0.127. The second-order valence-corrected chi connectivity index (χ2v) is 6.90. The summed E-state index contributed by atoms with van der Waals surface area (Å²) >= 11 is 1.75. The van der Waals surface area contributed by atoms with E-state index in [9.17, 15) is 4.79 Å². The van der Waals surface area contributed by atoms with E-state index in [1.165, 1.54) is 10.4 Å². The van der Waals surface area contributed by atoms with Crippen LogP contribution in [0.25, 0.3) is 0 Å². The van der Waals surface area contributed by atoms with Crippen LogP contribution in [0.1, 0.15) is 10.4 Å². The molecule has 0 atom stereocenters. The van der Waals surface area contributed by atoms with Gasteiger partial charge in [-0.05, 0) is 29.9 Å². The molecule has 1 aromatic carbocycles. The van der Waals surface area contributed by atoms with Crippen LogP contribution in [0.15, 0.2) is 52.8 Å². The molecule has 2 aromatic rings. The molecule has 1 aromatic heterocycles. The maximum Gasteiger partial charge on any atom is 0.243 e. The number of guanidine groups is 1. The predicted molar refractivity (Wildman–Crippen MR) is 105 cm³/mol. The van der Waals surface area contributed by atoms with Gasteiger partial charge in [-0.3, -0.25) is 4.79 Å². The highest BCUT2D eigenvalue weighted by molar-refractivity contribution is 7.09. The Bertz CT molecular complexity index is 653. The number of benzene rings is 1. The summed E-state index contributed by atoms with van der Waals surface area (Å²) in [4.78, 5) is 19.1. The van der Waals surface area contributed by atoms with Gasteiger partial charge in [-0.1, -0.05) is 36.4 Å². The molecule has 5 nitrogen and oxygen atoms in total. The molecular weight excluding hydrogens is 332 g/mol. The van der Waals surface area contributed by atoms with Gasteiger partial charge in [-0.15, -0.1) is 11.3 Å². The van der Waals surface area contributed by atoms with Crippen LogP contribution in [0.5, 0.6) is 0 Å². The summed E-state index contributed by atoms with van der Waals surface area (Å²) in [6.07, 6.45) is 1.85. The highest BCUT2D eigenvalue weighted by Crippen LogP contribution is 2.08. The first-order valence-electron chi connectivity index (χ1n) is 8.44. The molecule has 0 fully saturated rings. The van der Waals surface area contributed by atoms with Gasteiger partial charge in [0.1, 0.15) is 6.54 Å². The molecule has 0 radical (unpaired) electrons. The molecule has 0 bridgehead atoms. The molecule has 0 unspecified atom stereocenters. The van der Waals surface area contributed by atoms with Crippen LogP contribution in [-0.4, -0.2) is 50.5 Å². The van der Waals surface area contributed by atoms with Crippen molar-refractivity contribution in [1.29, 1.82) is 0 Å². The van der Waals surface area contributed by atoms with Crippen LogP contribution in [0.4, 0.5) is 0 Å². The molecule has 0 aliphatic rings. The third-order valence-electron chi connectivity index (χ3n) is 3.66. The van der Waals surface area contributed by atoms with Crippen LogP contribution in [0.3, 0.4) is 0 Å². The molecular formula is C19H26N4OS. The molecule has 2 rings (SSSR count). The van der Waals surface area contributed by atoms with Crippen molar-refractivity contribution in [2.45, 2.75) is 12.8 Å². The molecule has 134 valence electrons. The summed E-state index contributed by atoms with van der Waals surface area (Å²) in [5.74, 6) is 0.671. The quantitative estimate of drug-likeness (QED) is 0.562. The van der Waals surface area contributed by atoms with E-state index in [1.807, 2.05) is 18.2 Å². The zero-order chi connectivity index (χ0) is 17.9. The van der Waals surface area contributed by atoms with Gasteiger partial charge in [-0.2, -0.15) is 0 Å². The Kier molecular flexibility index (Phi) is 7.98. The van der Waals surface area contributed by atoms with Crippen LogP contribution in [0, 0.1) is 0 Å². The second kappa shape index (κ2) is 10.5. The minimum Gasteiger partial charge on any atom is -0.356 e. The van der Waals surface area contributed by atoms with Crippen molar-refractivity contribution < 1.29 is 4.79 Å². The molecule has 1 amide bonds. The minimum absolute atomic E-state index is 0.0117. The van der Waals surface area contributed by atoms with Gasteiger partial charge in [0.2, 0.25) is 5.91 Å². The van der Waals surface area contributed by atoms with Crippen molar-refractivity contribution in [3.63, 3.8) is 0 Å². The minimum atomic E-state index is -0.0117. The number of aliphatic imine (C=N–C) groups is 1. The lowest BCUT2D eigenvalue weighted by atomic mass is 10.1. The number of likely N-dealkylation sites (N-methyl/N-ethyl adjacent to an activating group) is 1. The fourth-order valence-corrected chi connectivity index (χ4v) is 2.90. The van der Waals surface area contributed by atoms with Crippen molar-refractivity contribution >= 4 is 23.2 Å². The van der Waals surface area contributed by atoms with Gasteiger partial charge >= 0.3 is 0 Å². The van der Waals surface area contributed by atoms with E-state index in [0.717, 1.165) is 25.9 Å². The molecule has 0 saturated heterocycles. The van der Waals surface area contributed by atoms with Crippen molar-refractivity contribution in [1.82, 2.24) is 15.5 Å². The summed E-state index contributed by atoms with van der Waals surface area (Å²) in [6, 6.07) is 14.5. The van der Waals surface area contributed by atoms with Gasteiger partial charge in [0, 0.05) is 32.1 Å². The van der Waals surface area contributed by atoms with Crippen molar-refractivity contribution in [2.75, 3.05) is 33.7 Å². The van der Waals surface area contributed by atoms with E-state index in [0.29, 0.717) is 5.96 Å². The average molecular weight is 359 g/mol. The Balaban J connectivity index is 1.83. The van der Waals surface area contributed by atoms with Gasteiger partial charge in [0.15, 0.2) is 5.96 Å². The molecule has 6 heteroatoms. The zero-order valence-electron chi connectivity index (χ0n) is 14.9. The van der Waals surface area contributed by atoms with Crippen molar-refractivity contribution in [3.05, 3.63) is 58.3 Å². The Morgan fingerprint density at radius 1 is 1.04 bits per heavy atom. The maximum absolute atomic E-state index is 11.8. The zero-order valence-corrected chi connectivity index (χ0v) is 15.7. The van der Waals surface area contributed by atoms with E-state index in [4.69, 9.17) is 0 Å². The van der Waals surface area contributed by atoms with Crippen molar-refractivity contribution in [2.24, 2.45) is 4.99 Å². The Hall–Kier alpha value is -2.34.